The second kappa shape index (κ2) is 8.51. The molecule has 2 amide bonds. The van der Waals surface area contributed by atoms with E-state index in [1.165, 1.54) is 0 Å². The van der Waals surface area contributed by atoms with Crippen LogP contribution >= 0.6 is 0 Å². The molecule has 1 aliphatic heterocycles. The van der Waals surface area contributed by atoms with Gasteiger partial charge in [0.15, 0.2) is 0 Å². The van der Waals surface area contributed by atoms with E-state index in [9.17, 15) is 9.59 Å². The zero-order chi connectivity index (χ0) is 22.8. The first-order valence-corrected chi connectivity index (χ1v) is 10.4. The average molecular weight is 436 g/mol. The van der Waals surface area contributed by atoms with Gasteiger partial charge in [-0.2, -0.15) is 0 Å². The van der Waals surface area contributed by atoms with Crippen molar-refractivity contribution < 1.29 is 9.59 Å². The summed E-state index contributed by atoms with van der Waals surface area (Å²) in [5.74, 6) is 0.195. The quantitative estimate of drug-likeness (QED) is 0.501. The molecule has 1 aliphatic rings. The Kier molecular flexibility index (Phi) is 5.24. The zero-order valence-electron chi connectivity index (χ0n) is 17.8. The molecule has 2 aromatic carbocycles. The van der Waals surface area contributed by atoms with E-state index in [1.807, 2.05) is 24.3 Å². The van der Waals surface area contributed by atoms with Gasteiger partial charge in [-0.05, 0) is 42.5 Å². The lowest BCUT2D eigenvalue weighted by Gasteiger charge is -2.16. The number of fused-ring (bicyclic) bond motifs is 3. The summed E-state index contributed by atoms with van der Waals surface area (Å²) in [6.07, 6.45) is 5.17. The van der Waals surface area contributed by atoms with Gasteiger partial charge in [0.1, 0.15) is 0 Å². The van der Waals surface area contributed by atoms with Crippen molar-refractivity contribution in [3.05, 3.63) is 90.4 Å². The van der Waals surface area contributed by atoms with Gasteiger partial charge in [0.2, 0.25) is 11.9 Å². The van der Waals surface area contributed by atoms with Gasteiger partial charge in [0.25, 0.3) is 5.91 Å². The first-order valence-electron chi connectivity index (χ1n) is 10.4. The van der Waals surface area contributed by atoms with Gasteiger partial charge in [-0.15, -0.1) is 0 Å². The number of hydrogen-bond donors (Lipinski definition) is 2. The molecule has 0 saturated carbocycles. The molecule has 33 heavy (non-hydrogen) atoms. The fraction of sp³-hybridized carbons (Fsp3) is 0.0800. The Morgan fingerprint density at radius 2 is 1.73 bits per heavy atom. The van der Waals surface area contributed by atoms with Crippen LogP contribution in [-0.2, 0) is 11.2 Å². The number of anilines is 4. The molecular formula is C25H20N6O2. The minimum absolute atomic E-state index is 0.00820. The maximum atomic E-state index is 12.5. The number of para-hydroxylation sites is 1. The molecule has 0 radical (unpaired) electrons. The number of carbonyl (C=O) groups is 2. The number of rotatable bonds is 4. The Morgan fingerprint density at radius 3 is 2.52 bits per heavy atom. The van der Waals surface area contributed by atoms with Gasteiger partial charge >= 0.3 is 0 Å². The summed E-state index contributed by atoms with van der Waals surface area (Å²) >= 11 is 0. The molecule has 4 aromatic rings. The molecule has 5 rings (SSSR count). The van der Waals surface area contributed by atoms with E-state index >= 15 is 0 Å². The number of nitrogens with one attached hydrogen (secondary N) is 2. The van der Waals surface area contributed by atoms with Crippen molar-refractivity contribution in [1.82, 2.24) is 15.0 Å². The standard InChI is InChI=1S/C25H20N6O2/c1-31-21-5-3-2-4-20(21)23-17(14-22(31)32)15-27-25(30-23)29-18-8-6-16(7-9-18)24(33)28-19-10-12-26-13-11-19/h2-13,15H,14H2,1H3,(H,26,28,33)(H,27,29,30). The summed E-state index contributed by atoms with van der Waals surface area (Å²) < 4.78 is 0. The van der Waals surface area contributed by atoms with E-state index in [-0.39, 0.29) is 18.2 Å². The first kappa shape index (κ1) is 20.3. The molecule has 8 heteroatoms. The second-order valence-electron chi connectivity index (χ2n) is 7.61. The molecule has 0 unspecified atom stereocenters. The van der Waals surface area contributed by atoms with Gasteiger partial charge in [0.05, 0.1) is 17.8 Å². The Morgan fingerprint density at radius 1 is 0.970 bits per heavy atom. The van der Waals surface area contributed by atoms with Crippen LogP contribution in [0.25, 0.3) is 11.3 Å². The van der Waals surface area contributed by atoms with Gasteiger partial charge in [-0.1, -0.05) is 18.2 Å². The number of pyridine rings is 1. The lowest BCUT2D eigenvalue weighted by atomic mass is 10.1. The van der Waals surface area contributed by atoms with Crippen LogP contribution in [-0.4, -0.2) is 33.8 Å². The van der Waals surface area contributed by atoms with Crippen molar-refractivity contribution in [1.29, 1.82) is 0 Å². The summed E-state index contributed by atoms with van der Waals surface area (Å²) in [5, 5.41) is 6.01. The predicted octanol–water partition coefficient (Wildman–Crippen LogP) is 4.05. The monoisotopic (exact) mass is 436 g/mol. The second-order valence-corrected chi connectivity index (χ2v) is 7.61. The largest absolute Gasteiger partial charge is 0.324 e. The minimum atomic E-state index is -0.209. The summed E-state index contributed by atoms with van der Waals surface area (Å²) in [5.41, 5.74) is 5.16. The van der Waals surface area contributed by atoms with Crippen LogP contribution in [0.2, 0.25) is 0 Å². The molecule has 0 fully saturated rings. The SMILES string of the molecule is CN1C(=O)Cc2cnc(Nc3ccc(C(=O)Nc4ccncc4)cc3)nc2-c2ccccc21. The minimum Gasteiger partial charge on any atom is -0.324 e. The Bertz CT molecular complexity index is 1340. The average Bonchev–Trinajstić information content (AvgIpc) is 2.95. The van der Waals surface area contributed by atoms with E-state index in [0.29, 0.717) is 17.2 Å². The molecule has 0 spiro atoms. The first-order chi connectivity index (χ1) is 16.1. The number of amides is 2. The Hall–Kier alpha value is -4.59. The van der Waals surface area contributed by atoms with Gasteiger partial charge in [0, 0.05) is 53.7 Å². The number of nitrogens with zero attached hydrogens (tertiary/aromatic N) is 4. The fourth-order valence-electron chi connectivity index (χ4n) is 3.68. The van der Waals surface area contributed by atoms with Crippen LogP contribution in [0.4, 0.5) is 23.0 Å². The highest BCUT2D eigenvalue weighted by Crippen LogP contribution is 2.35. The van der Waals surface area contributed by atoms with Crippen molar-refractivity contribution in [2.75, 3.05) is 22.6 Å². The molecule has 2 aromatic heterocycles. The van der Waals surface area contributed by atoms with Crippen molar-refractivity contribution in [2.45, 2.75) is 6.42 Å². The molecule has 2 N–H and O–H groups in total. The Labute approximate surface area is 190 Å². The molecule has 162 valence electrons. The van der Waals surface area contributed by atoms with Gasteiger partial charge in [-0.25, -0.2) is 9.97 Å². The van der Waals surface area contributed by atoms with E-state index in [4.69, 9.17) is 4.98 Å². The summed E-state index contributed by atoms with van der Waals surface area (Å²) in [6.45, 7) is 0. The molecule has 0 saturated heterocycles. The fourth-order valence-corrected chi connectivity index (χ4v) is 3.68. The molecular weight excluding hydrogens is 416 g/mol. The van der Waals surface area contributed by atoms with Crippen LogP contribution in [0.1, 0.15) is 15.9 Å². The highest BCUT2D eigenvalue weighted by Gasteiger charge is 2.24. The van der Waals surface area contributed by atoms with Crippen molar-refractivity contribution in [3.63, 3.8) is 0 Å². The number of aromatic nitrogens is 3. The third-order valence-electron chi connectivity index (χ3n) is 5.44. The number of hydrogen-bond acceptors (Lipinski definition) is 6. The lowest BCUT2D eigenvalue weighted by Crippen LogP contribution is -2.26. The number of likely N-dealkylation sites (N-methyl/N-ethyl adjacent to an activating group) is 1. The maximum absolute atomic E-state index is 12.5. The Balaban J connectivity index is 1.38. The van der Waals surface area contributed by atoms with Gasteiger partial charge < -0.3 is 15.5 Å². The predicted molar refractivity (Wildman–Crippen MR) is 126 cm³/mol. The summed E-state index contributed by atoms with van der Waals surface area (Å²) in [7, 11) is 1.77. The third kappa shape index (κ3) is 4.14. The topological polar surface area (TPSA) is 100 Å². The van der Waals surface area contributed by atoms with Crippen molar-refractivity contribution in [3.8, 4) is 11.3 Å². The number of benzene rings is 2. The van der Waals surface area contributed by atoms with Crippen LogP contribution < -0.4 is 15.5 Å². The van der Waals surface area contributed by atoms with E-state index < -0.39 is 0 Å². The van der Waals surface area contributed by atoms with E-state index in [2.05, 4.69) is 20.6 Å². The van der Waals surface area contributed by atoms with Crippen LogP contribution in [0, 0.1) is 0 Å². The smallest absolute Gasteiger partial charge is 0.255 e. The summed E-state index contributed by atoms with van der Waals surface area (Å²) in [6, 6.07) is 18.2. The lowest BCUT2D eigenvalue weighted by molar-refractivity contribution is -0.117. The maximum Gasteiger partial charge on any atom is 0.255 e. The summed E-state index contributed by atoms with van der Waals surface area (Å²) in [4.78, 5) is 39.7. The van der Waals surface area contributed by atoms with Crippen molar-refractivity contribution >= 4 is 34.8 Å². The molecule has 0 atom stereocenters. The highest BCUT2D eigenvalue weighted by atomic mass is 16.2. The van der Waals surface area contributed by atoms with Crippen molar-refractivity contribution in [2.24, 2.45) is 0 Å². The van der Waals surface area contributed by atoms with Crippen LogP contribution in [0.5, 0.6) is 0 Å². The van der Waals surface area contributed by atoms with E-state index in [1.54, 1.807) is 66.9 Å². The number of carbonyl (C=O) groups excluding carboxylic acids is 2. The molecule has 3 heterocycles. The van der Waals surface area contributed by atoms with E-state index in [0.717, 1.165) is 28.2 Å². The molecule has 8 nitrogen and oxygen atoms in total. The zero-order valence-corrected chi connectivity index (χ0v) is 17.8. The third-order valence-corrected chi connectivity index (χ3v) is 5.44. The highest BCUT2D eigenvalue weighted by molar-refractivity contribution is 6.04. The van der Waals surface area contributed by atoms with Crippen LogP contribution in [0.15, 0.2) is 79.3 Å². The molecule has 0 bridgehead atoms. The van der Waals surface area contributed by atoms with Crippen LogP contribution in [0.3, 0.4) is 0 Å². The molecule has 0 aliphatic carbocycles. The van der Waals surface area contributed by atoms with Gasteiger partial charge in [-0.3, -0.25) is 14.6 Å². The normalized spacial score (nSPS) is 12.4.